The van der Waals surface area contributed by atoms with Gasteiger partial charge in [0.25, 0.3) is 0 Å². The SMILES string of the molecule is Cn1c(-c2cccc(-c3cc(-c4cccc(N5c6ccccc6Sc6ccccc65)c4)c(-c4cccc(N5c6ccccc6Sc6ccccc65)c4)cc3-c3cccc(-c4nc5ccccc5n4C)c3)c2)nc2ccccc21. The maximum atomic E-state index is 5.19. The van der Waals surface area contributed by atoms with Crippen molar-refractivity contribution < 1.29 is 0 Å². The number of anilines is 6. The third-order valence-electron chi connectivity index (χ3n) is 15.3. The van der Waals surface area contributed by atoms with Crippen molar-refractivity contribution in [2.75, 3.05) is 9.80 Å². The van der Waals surface area contributed by atoms with Crippen molar-refractivity contribution in [3.8, 4) is 67.3 Å². The summed E-state index contributed by atoms with van der Waals surface area (Å²) in [6.45, 7) is 0. The summed E-state index contributed by atoms with van der Waals surface area (Å²) in [7, 11) is 4.22. The van der Waals surface area contributed by atoms with Gasteiger partial charge in [-0.15, -0.1) is 0 Å². The number of nitrogens with zero attached hydrogens (tertiary/aromatic N) is 6. The number of imidazole rings is 2. The zero-order chi connectivity index (χ0) is 51.8. The molecular weight excluding hydrogens is 989 g/mol. The average molecular weight is 1040 g/mol. The topological polar surface area (TPSA) is 42.1 Å². The normalized spacial score (nSPS) is 12.6. The summed E-state index contributed by atoms with van der Waals surface area (Å²) in [4.78, 5) is 20.1. The van der Waals surface area contributed by atoms with E-state index in [-0.39, 0.29) is 0 Å². The number of aromatic nitrogens is 4. The van der Waals surface area contributed by atoms with Crippen LogP contribution in [0.25, 0.3) is 89.4 Å². The third-order valence-corrected chi connectivity index (χ3v) is 17.6. The molecule has 0 amide bonds. The Hall–Kier alpha value is -9.34. The molecule has 8 heteroatoms. The molecule has 11 aromatic carbocycles. The molecule has 0 aliphatic carbocycles. The van der Waals surface area contributed by atoms with Crippen LogP contribution in [0, 0.1) is 0 Å². The van der Waals surface area contributed by atoms with E-state index in [0.29, 0.717) is 0 Å². The first-order chi connectivity index (χ1) is 38.5. The van der Waals surface area contributed by atoms with E-state index in [4.69, 9.17) is 9.97 Å². The van der Waals surface area contributed by atoms with Gasteiger partial charge in [-0.1, -0.05) is 157 Å². The second-order valence-corrected chi connectivity index (χ2v) is 22.1. The van der Waals surface area contributed by atoms with Gasteiger partial charge in [0.2, 0.25) is 0 Å². The van der Waals surface area contributed by atoms with Gasteiger partial charge in [0.1, 0.15) is 11.6 Å². The second kappa shape index (κ2) is 18.7. The number of benzene rings is 11. The summed E-state index contributed by atoms with van der Waals surface area (Å²) in [6, 6.07) is 92.8. The predicted molar refractivity (Wildman–Crippen MR) is 325 cm³/mol. The van der Waals surface area contributed by atoms with Gasteiger partial charge >= 0.3 is 0 Å². The predicted octanol–water partition coefficient (Wildman–Crippen LogP) is 19.3. The lowest BCUT2D eigenvalue weighted by molar-refractivity contribution is 0.959. The molecule has 2 aliphatic heterocycles. The minimum Gasteiger partial charge on any atom is -0.327 e. The quantitative estimate of drug-likeness (QED) is 0.151. The smallest absolute Gasteiger partial charge is 0.140 e. The zero-order valence-electron chi connectivity index (χ0n) is 42.7. The summed E-state index contributed by atoms with van der Waals surface area (Å²) in [5, 5.41) is 0. The Kier molecular flexibility index (Phi) is 11.1. The van der Waals surface area contributed by atoms with Crippen LogP contribution in [0.4, 0.5) is 34.1 Å². The summed E-state index contributed by atoms with van der Waals surface area (Å²) in [6.07, 6.45) is 0. The van der Waals surface area contributed by atoms with Crippen molar-refractivity contribution in [3.63, 3.8) is 0 Å². The van der Waals surface area contributed by atoms with Gasteiger partial charge in [-0.3, -0.25) is 0 Å². The molecule has 0 N–H and O–H groups in total. The fourth-order valence-corrected chi connectivity index (χ4v) is 13.7. The van der Waals surface area contributed by atoms with E-state index in [1.165, 1.54) is 42.3 Å². The van der Waals surface area contributed by atoms with E-state index < -0.39 is 0 Å². The number of aryl methyl sites for hydroxylation is 2. The van der Waals surface area contributed by atoms with Crippen molar-refractivity contribution in [1.82, 2.24) is 19.1 Å². The lowest BCUT2D eigenvalue weighted by Crippen LogP contribution is -2.14. The Bertz CT molecular complexity index is 4150. The minimum atomic E-state index is 0.921. The van der Waals surface area contributed by atoms with Crippen molar-refractivity contribution in [1.29, 1.82) is 0 Å². The van der Waals surface area contributed by atoms with Gasteiger partial charge in [0.15, 0.2) is 0 Å². The highest BCUT2D eigenvalue weighted by atomic mass is 32.2. The number of para-hydroxylation sites is 8. The lowest BCUT2D eigenvalue weighted by Gasteiger charge is -2.33. The molecule has 0 radical (unpaired) electrons. The van der Waals surface area contributed by atoms with E-state index in [0.717, 1.165) is 101 Å². The van der Waals surface area contributed by atoms with Crippen LogP contribution in [0.5, 0.6) is 0 Å². The van der Waals surface area contributed by atoms with Crippen molar-refractivity contribution >= 4 is 79.7 Å². The molecule has 0 fully saturated rings. The van der Waals surface area contributed by atoms with Crippen LogP contribution in [-0.4, -0.2) is 19.1 Å². The summed E-state index contributed by atoms with van der Waals surface area (Å²) < 4.78 is 4.41. The molecule has 0 unspecified atom stereocenters. The lowest BCUT2D eigenvalue weighted by atomic mass is 9.84. The largest absolute Gasteiger partial charge is 0.327 e. The molecule has 2 aliphatic rings. The van der Waals surface area contributed by atoms with Gasteiger partial charge < -0.3 is 18.9 Å². The van der Waals surface area contributed by atoms with Gasteiger partial charge in [-0.05, 0) is 166 Å². The molecular formula is C70H48N6S2. The molecule has 0 spiro atoms. The van der Waals surface area contributed by atoms with E-state index in [9.17, 15) is 0 Å². The maximum absolute atomic E-state index is 5.19. The van der Waals surface area contributed by atoms with E-state index >= 15 is 0 Å². The molecule has 0 atom stereocenters. The monoisotopic (exact) mass is 1040 g/mol. The van der Waals surface area contributed by atoms with E-state index in [2.05, 4.69) is 288 Å². The fraction of sp³-hybridized carbons (Fsp3) is 0.0286. The van der Waals surface area contributed by atoms with Gasteiger partial charge in [-0.25, -0.2) is 9.97 Å². The Labute approximate surface area is 461 Å². The highest BCUT2D eigenvalue weighted by Crippen LogP contribution is 2.54. The highest BCUT2D eigenvalue weighted by Gasteiger charge is 2.28. The Morgan fingerprint density at radius 1 is 0.282 bits per heavy atom. The summed E-state index contributed by atoms with van der Waals surface area (Å²) in [5.74, 6) is 1.84. The highest BCUT2D eigenvalue weighted by molar-refractivity contribution is 8.00. The number of fused-ring (bicyclic) bond motifs is 6. The van der Waals surface area contributed by atoms with Gasteiger partial charge in [-0.2, -0.15) is 0 Å². The maximum Gasteiger partial charge on any atom is 0.140 e. The van der Waals surface area contributed by atoms with Crippen LogP contribution < -0.4 is 9.80 Å². The van der Waals surface area contributed by atoms with Crippen LogP contribution in [-0.2, 0) is 14.1 Å². The molecule has 15 rings (SSSR count). The minimum absolute atomic E-state index is 0.921. The summed E-state index contributed by atoms with van der Waals surface area (Å²) in [5.41, 5.74) is 22.0. The number of hydrogen-bond donors (Lipinski definition) is 0. The van der Waals surface area contributed by atoms with Gasteiger partial charge in [0.05, 0.1) is 44.8 Å². The third kappa shape index (κ3) is 7.74. The zero-order valence-corrected chi connectivity index (χ0v) is 44.4. The van der Waals surface area contributed by atoms with E-state index in [1.54, 1.807) is 0 Å². The molecule has 13 aromatic rings. The average Bonchev–Trinajstić information content (AvgIpc) is 4.04. The molecule has 6 nitrogen and oxygen atoms in total. The fourth-order valence-electron chi connectivity index (χ4n) is 11.6. The molecule has 0 bridgehead atoms. The molecule has 0 saturated carbocycles. The first-order valence-electron chi connectivity index (χ1n) is 26.2. The van der Waals surface area contributed by atoms with Crippen molar-refractivity contribution in [3.05, 3.63) is 255 Å². The van der Waals surface area contributed by atoms with Crippen LogP contribution in [0.15, 0.2) is 274 Å². The molecule has 0 saturated heterocycles. The first-order valence-corrected chi connectivity index (χ1v) is 27.9. The Balaban J connectivity index is 0.986. The van der Waals surface area contributed by atoms with Crippen LogP contribution >= 0.6 is 23.5 Å². The standard InChI is InChI=1S/C70H48N6S2/c1-73-59-29-5-3-27-57(59)71-69(73)49-23-15-19-45(39-49)53-43-55(47-21-17-25-51(41-47)75-61-31-7-11-35-65(61)77-66-36-12-8-32-62(66)75)56(44-54(53)46-20-16-24-50(40-46)70-72-58-28-4-6-30-60(58)74(70)2)48-22-18-26-52(42-48)76-63-33-9-13-37-67(63)78-68-38-14-10-34-64(68)76/h3-44H,1-2H3. The van der Waals surface area contributed by atoms with Crippen molar-refractivity contribution in [2.45, 2.75) is 19.6 Å². The summed E-state index contributed by atoms with van der Waals surface area (Å²) >= 11 is 3.66. The van der Waals surface area contributed by atoms with Gasteiger partial charge in [0, 0.05) is 56.2 Å². The number of hydrogen-bond acceptors (Lipinski definition) is 6. The Morgan fingerprint density at radius 2 is 0.590 bits per heavy atom. The molecule has 2 aromatic heterocycles. The van der Waals surface area contributed by atoms with Crippen LogP contribution in [0.3, 0.4) is 0 Å². The van der Waals surface area contributed by atoms with Crippen LogP contribution in [0.1, 0.15) is 0 Å². The second-order valence-electron chi connectivity index (χ2n) is 19.9. The molecule has 4 heterocycles. The first kappa shape index (κ1) is 46.0. The molecule has 370 valence electrons. The number of rotatable bonds is 8. The Morgan fingerprint density at radius 3 is 0.962 bits per heavy atom. The molecule has 78 heavy (non-hydrogen) atoms. The van der Waals surface area contributed by atoms with Crippen molar-refractivity contribution in [2.24, 2.45) is 14.1 Å². The van der Waals surface area contributed by atoms with E-state index in [1.807, 2.05) is 23.5 Å². The van der Waals surface area contributed by atoms with Crippen LogP contribution in [0.2, 0.25) is 0 Å².